The first-order valence-corrected chi connectivity index (χ1v) is 11.3. The minimum absolute atomic E-state index is 0.105. The van der Waals surface area contributed by atoms with Crippen molar-refractivity contribution < 1.29 is 17.9 Å². The largest absolute Gasteiger partial charge is 0.475 e. The Labute approximate surface area is 168 Å². The second-order valence-electron chi connectivity index (χ2n) is 7.86. The number of urea groups is 1. The summed E-state index contributed by atoms with van der Waals surface area (Å²) in [4.78, 5) is 12.5. The van der Waals surface area contributed by atoms with Crippen molar-refractivity contribution >= 4 is 21.7 Å². The lowest BCUT2D eigenvalue weighted by molar-refractivity contribution is 0.200. The van der Waals surface area contributed by atoms with Crippen molar-refractivity contribution in [2.45, 2.75) is 56.0 Å². The predicted molar refractivity (Wildman–Crippen MR) is 106 cm³/mol. The molecule has 154 valence electrons. The summed E-state index contributed by atoms with van der Waals surface area (Å²) >= 11 is 0. The molecule has 1 aromatic heterocycles. The highest BCUT2D eigenvalue weighted by atomic mass is 32.2. The molecule has 1 aliphatic heterocycles. The molecule has 3 aliphatic rings. The first-order chi connectivity index (χ1) is 13.9. The molecule has 0 fully saturated rings. The van der Waals surface area contributed by atoms with Gasteiger partial charge in [0, 0.05) is 5.69 Å². The van der Waals surface area contributed by atoms with Crippen molar-refractivity contribution in [3.05, 3.63) is 34.5 Å². The fraction of sp³-hybridized carbons (Fsp3) is 0.474. The summed E-state index contributed by atoms with van der Waals surface area (Å²) in [5, 5.41) is 6.85. The number of benzene rings is 1. The second kappa shape index (κ2) is 6.74. The summed E-state index contributed by atoms with van der Waals surface area (Å²) in [5.41, 5.74) is 11.4. The average molecular weight is 417 g/mol. The molecule has 0 saturated heterocycles. The summed E-state index contributed by atoms with van der Waals surface area (Å²) in [7, 11) is -4.13. The molecule has 2 aliphatic carbocycles. The third-order valence-corrected chi connectivity index (χ3v) is 7.14. The van der Waals surface area contributed by atoms with Crippen molar-refractivity contribution in [3.63, 3.8) is 0 Å². The van der Waals surface area contributed by atoms with Gasteiger partial charge in [-0.1, -0.05) is 6.07 Å². The van der Waals surface area contributed by atoms with Crippen LogP contribution in [0.5, 0.6) is 5.88 Å². The van der Waals surface area contributed by atoms with Crippen molar-refractivity contribution in [1.82, 2.24) is 14.5 Å². The van der Waals surface area contributed by atoms with Crippen LogP contribution in [0.4, 0.5) is 10.5 Å². The number of hydrogen-bond acceptors (Lipinski definition) is 6. The number of nitrogens with zero attached hydrogens (tertiary/aromatic N) is 2. The Morgan fingerprint density at radius 3 is 2.55 bits per heavy atom. The lowest BCUT2D eigenvalue weighted by Crippen LogP contribution is -2.38. The molecular formula is C19H23N5O4S. The normalized spacial score (nSPS) is 19.8. The lowest BCUT2D eigenvalue weighted by atomic mass is 9.99. The van der Waals surface area contributed by atoms with Gasteiger partial charge in [-0.15, -0.1) is 0 Å². The number of nitrogens with one attached hydrogen (secondary N) is 2. The number of aromatic nitrogens is 2. The Morgan fingerprint density at radius 2 is 1.86 bits per heavy atom. The molecule has 5 rings (SSSR count). The standard InChI is InChI=1S/C19H23N5O4S/c20-13-9-24-18(28-10-13)16(8-21-24)29(26,27)23-19(25)22-17-14-5-1-3-11(14)7-12-4-2-6-15(12)17/h7-8,13H,1-6,9-10,20H2,(H2,22,23,25). The fourth-order valence-electron chi connectivity index (χ4n) is 4.56. The van der Waals surface area contributed by atoms with Gasteiger partial charge in [-0.25, -0.2) is 22.6 Å². The van der Waals surface area contributed by atoms with Gasteiger partial charge in [0.15, 0.2) is 4.90 Å². The van der Waals surface area contributed by atoms with Crippen LogP contribution in [0.2, 0.25) is 0 Å². The Hall–Kier alpha value is -2.59. The number of carbonyl (C=O) groups is 1. The number of ether oxygens (including phenoxy) is 1. The van der Waals surface area contributed by atoms with E-state index in [9.17, 15) is 13.2 Å². The minimum Gasteiger partial charge on any atom is -0.475 e. The van der Waals surface area contributed by atoms with Gasteiger partial charge in [-0.2, -0.15) is 5.10 Å². The minimum atomic E-state index is -4.13. The predicted octanol–water partition coefficient (Wildman–Crippen LogP) is 1.09. The first kappa shape index (κ1) is 18.4. The van der Waals surface area contributed by atoms with Gasteiger partial charge in [0.1, 0.15) is 6.61 Å². The molecular weight excluding hydrogens is 394 g/mol. The van der Waals surface area contributed by atoms with Gasteiger partial charge < -0.3 is 15.8 Å². The Balaban J connectivity index is 1.40. The summed E-state index contributed by atoms with van der Waals surface area (Å²) < 4.78 is 34.5. The summed E-state index contributed by atoms with van der Waals surface area (Å²) in [5.74, 6) is 0.105. The SMILES string of the molecule is NC1COc2c(S(=O)(=O)NC(=O)Nc3c4c(cc5c3CCC5)CCC4)cnn2C1. The molecule has 2 aromatic rings. The molecule has 29 heavy (non-hydrogen) atoms. The van der Waals surface area contributed by atoms with Gasteiger partial charge in [-0.3, -0.25) is 0 Å². The Morgan fingerprint density at radius 1 is 1.17 bits per heavy atom. The van der Waals surface area contributed by atoms with Gasteiger partial charge in [0.25, 0.3) is 10.0 Å². The zero-order valence-electron chi connectivity index (χ0n) is 15.9. The molecule has 2 heterocycles. The third kappa shape index (κ3) is 3.16. The zero-order chi connectivity index (χ0) is 20.2. The number of amides is 2. The van der Waals surface area contributed by atoms with Crippen LogP contribution in [0.15, 0.2) is 17.2 Å². The highest BCUT2D eigenvalue weighted by Crippen LogP contribution is 2.38. The van der Waals surface area contributed by atoms with Crippen molar-refractivity contribution in [1.29, 1.82) is 0 Å². The van der Waals surface area contributed by atoms with Crippen LogP contribution >= 0.6 is 0 Å². The molecule has 1 aromatic carbocycles. The van der Waals surface area contributed by atoms with Crippen LogP contribution in [0, 0.1) is 0 Å². The maximum Gasteiger partial charge on any atom is 0.333 e. The van der Waals surface area contributed by atoms with Crippen LogP contribution in [0.1, 0.15) is 35.1 Å². The number of rotatable bonds is 3. The number of carbonyl (C=O) groups excluding carboxylic acids is 1. The summed E-state index contributed by atoms with van der Waals surface area (Å²) in [6.07, 6.45) is 7.08. The van der Waals surface area contributed by atoms with Crippen LogP contribution in [0.3, 0.4) is 0 Å². The quantitative estimate of drug-likeness (QED) is 0.686. The van der Waals surface area contributed by atoms with Gasteiger partial charge in [0.2, 0.25) is 5.88 Å². The van der Waals surface area contributed by atoms with E-state index in [4.69, 9.17) is 10.5 Å². The second-order valence-corrected chi connectivity index (χ2v) is 9.51. The molecule has 1 atom stereocenters. The van der Waals surface area contributed by atoms with Crippen LogP contribution in [-0.4, -0.2) is 36.9 Å². The molecule has 0 spiro atoms. The molecule has 2 amide bonds. The van der Waals surface area contributed by atoms with Crippen molar-refractivity contribution in [2.75, 3.05) is 11.9 Å². The van der Waals surface area contributed by atoms with Crippen molar-refractivity contribution in [2.24, 2.45) is 5.73 Å². The zero-order valence-corrected chi connectivity index (χ0v) is 16.7. The third-order valence-electron chi connectivity index (χ3n) is 5.83. The van der Waals surface area contributed by atoms with Gasteiger partial charge >= 0.3 is 6.03 Å². The molecule has 10 heteroatoms. The summed E-state index contributed by atoms with van der Waals surface area (Å²) in [6, 6.07) is 1.23. The Bertz CT molecular complexity index is 1080. The maximum absolute atomic E-state index is 12.8. The summed E-state index contributed by atoms with van der Waals surface area (Å²) in [6.45, 7) is 0.558. The smallest absolute Gasteiger partial charge is 0.333 e. The molecule has 0 bridgehead atoms. The van der Waals surface area contributed by atoms with E-state index in [2.05, 4.69) is 21.2 Å². The number of anilines is 1. The highest BCUT2D eigenvalue weighted by Gasteiger charge is 2.31. The van der Waals surface area contributed by atoms with Crippen LogP contribution in [0.25, 0.3) is 0 Å². The number of nitrogens with two attached hydrogens (primary N) is 1. The number of fused-ring (bicyclic) bond motifs is 3. The van der Waals surface area contributed by atoms with Crippen LogP contribution in [-0.2, 0) is 42.3 Å². The van der Waals surface area contributed by atoms with E-state index in [1.165, 1.54) is 22.0 Å². The van der Waals surface area contributed by atoms with E-state index in [1.807, 2.05) is 0 Å². The monoisotopic (exact) mass is 417 g/mol. The molecule has 1 unspecified atom stereocenters. The van der Waals surface area contributed by atoms with E-state index in [0.29, 0.717) is 6.54 Å². The van der Waals surface area contributed by atoms with Gasteiger partial charge in [0.05, 0.1) is 18.8 Å². The van der Waals surface area contributed by atoms with E-state index in [-0.39, 0.29) is 23.4 Å². The molecule has 0 radical (unpaired) electrons. The van der Waals surface area contributed by atoms with Crippen LogP contribution < -0.4 is 20.5 Å². The van der Waals surface area contributed by atoms with E-state index in [1.54, 1.807) is 0 Å². The highest BCUT2D eigenvalue weighted by molar-refractivity contribution is 7.90. The number of hydrogen-bond donors (Lipinski definition) is 3. The Kier molecular flexibility index (Phi) is 4.28. The number of aryl methyl sites for hydroxylation is 2. The molecule has 0 saturated carbocycles. The molecule has 9 nitrogen and oxygen atoms in total. The molecule has 4 N–H and O–H groups in total. The maximum atomic E-state index is 12.8. The first-order valence-electron chi connectivity index (χ1n) is 9.87. The number of sulfonamides is 1. The van der Waals surface area contributed by atoms with Gasteiger partial charge in [-0.05, 0) is 60.8 Å². The average Bonchev–Trinajstić information content (AvgIpc) is 3.39. The topological polar surface area (TPSA) is 128 Å². The van der Waals surface area contributed by atoms with E-state index in [0.717, 1.165) is 55.3 Å². The fourth-order valence-corrected chi connectivity index (χ4v) is 5.55. The van der Waals surface area contributed by atoms with E-state index < -0.39 is 16.1 Å². The van der Waals surface area contributed by atoms with Crippen molar-refractivity contribution in [3.8, 4) is 5.88 Å². The lowest BCUT2D eigenvalue weighted by Gasteiger charge is -2.21. The van der Waals surface area contributed by atoms with E-state index >= 15 is 0 Å².